The summed E-state index contributed by atoms with van der Waals surface area (Å²) in [5, 5.41) is 22.4. The SMILES string of the molecule is Cc1ccc(NC(=O)CCC(C)O)cc1[N+](=O)[O-]. The fourth-order valence-electron chi connectivity index (χ4n) is 1.45. The smallest absolute Gasteiger partial charge is 0.274 e. The molecule has 0 aliphatic heterocycles. The van der Waals surface area contributed by atoms with Crippen LogP contribution < -0.4 is 5.32 Å². The van der Waals surface area contributed by atoms with E-state index in [1.165, 1.54) is 6.07 Å². The van der Waals surface area contributed by atoms with Crippen LogP contribution in [0.5, 0.6) is 0 Å². The van der Waals surface area contributed by atoms with E-state index in [1.807, 2.05) is 0 Å². The molecule has 0 fully saturated rings. The second-order valence-corrected chi connectivity index (χ2v) is 4.19. The van der Waals surface area contributed by atoms with E-state index >= 15 is 0 Å². The predicted octanol–water partition coefficient (Wildman–Crippen LogP) is 2.00. The van der Waals surface area contributed by atoms with E-state index in [4.69, 9.17) is 5.11 Å². The third kappa shape index (κ3) is 4.14. The molecule has 1 aromatic rings. The van der Waals surface area contributed by atoms with Crippen LogP contribution in [0.25, 0.3) is 0 Å². The third-order valence-electron chi connectivity index (χ3n) is 2.48. The van der Waals surface area contributed by atoms with Gasteiger partial charge in [-0.05, 0) is 26.3 Å². The Kier molecular flexibility index (Phi) is 4.79. The maximum Gasteiger partial charge on any atom is 0.274 e. The molecule has 0 aliphatic carbocycles. The molecule has 1 atom stereocenters. The molecule has 1 aromatic carbocycles. The standard InChI is InChI=1S/C12H16N2O4/c1-8-3-5-10(7-11(8)14(17)18)13-12(16)6-4-9(2)15/h3,5,7,9,15H,4,6H2,1-2H3,(H,13,16). The van der Waals surface area contributed by atoms with Gasteiger partial charge in [0.25, 0.3) is 5.69 Å². The van der Waals surface area contributed by atoms with Gasteiger partial charge in [-0.3, -0.25) is 14.9 Å². The molecule has 1 unspecified atom stereocenters. The number of benzene rings is 1. The molecule has 1 rings (SSSR count). The summed E-state index contributed by atoms with van der Waals surface area (Å²) >= 11 is 0. The van der Waals surface area contributed by atoms with Gasteiger partial charge in [-0.1, -0.05) is 6.07 Å². The van der Waals surface area contributed by atoms with Crippen molar-refractivity contribution in [3.05, 3.63) is 33.9 Å². The molecule has 0 aromatic heterocycles. The Hall–Kier alpha value is -1.95. The Morgan fingerprint density at radius 2 is 2.22 bits per heavy atom. The van der Waals surface area contributed by atoms with Crippen molar-refractivity contribution in [2.45, 2.75) is 32.8 Å². The third-order valence-corrected chi connectivity index (χ3v) is 2.48. The topological polar surface area (TPSA) is 92.5 Å². The van der Waals surface area contributed by atoms with Gasteiger partial charge in [-0.15, -0.1) is 0 Å². The predicted molar refractivity (Wildman–Crippen MR) is 67.4 cm³/mol. The summed E-state index contributed by atoms with van der Waals surface area (Å²) in [5.74, 6) is -0.269. The van der Waals surface area contributed by atoms with Crippen molar-refractivity contribution in [2.75, 3.05) is 5.32 Å². The van der Waals surface area contributed by atoms with Crippen LogP contribution in [0.2, 0.25) is 0 Å². The first-order valence-electron chi connectivity index (χ1n) is 5.63. The summed E-state index contributed by atoms with van der Waals surface area (Å²) in [6.45, 7) is 3.24. The molecule has 2 N–H and O–H groups in total. The van der Waals surface area contributed by atoms with Crippen LogP contribution in [0.4, 0.5) is 11.4 Å². The number of anilines is 1. The van der Waals surface area contributed by atoms with Crippen molar-refractivity contribution >= 4 is 17.3 Å². The molecular formula is C12H16N2O4. The summed E-state index contributed by atoms with van der Waals surface area (Å²) in [4.78, 5) is 21.7. The molecule has 0 radical (unpaired) electrons. The average Bonchev–Trinajstić information content (AvgIpc) is 2.28. The summed E-state index contributed by atoms with van der Waals surface area (Å²) < 4.78 is 0. The van der Waals surface area contributed by atoms with Gasteiger partial charge < -0.3 is 10.4 Å². The van der Waals surface area contributed by atoms with Gasteiger partial charge in [-0.25, -0.2) is 0 Å². The minimum absolute atomic E-state index is 0.0247. The minimum Gasteiger partial charge on any atom is -0.393 e. The molecule has 18 heavy (non-hydrogen) atoms. The lowest BCUT2D eigenvalue weighted by Gasteiger charge is -2.07. The Labute approximate surface area is 105 Å². The number of nitro benzene ring substituents is 1. The Balaban J connectivity index is 2.70. The van der Waals surface area contributed by atoms with E-state index in [0.717, 1.165) is 0 Å². The maximum atomic E-state index is 11.5. The quantitative estimate of drug-likeness (QED) is 0.619. The van der Waals surface area contributed by atoms with Crippen molar-refractivity contribution in [2.24, 2.45) is 0 Å². The van der Waals surface area contributed by atoms with Crippen LogP contribution in [0.3, 0.4) is 0 Å². The number of rotatable bonds is 5. The molecule has 6 heteroatoms. The molecule has 0 heterocycles. The highest BCUT2D eigenvalue weighted by Crippen LogP contribution is 2.22. The number of nitro groups is 1. The van der Waals surface area contributed by atoms with Crippen LogP contribution in [0.15, 0.2) is 18.2 Å². The van der Waals surface area contributed by atoms with Crippen molar-refractivity contribution in [1.82, 2.24) is 0 Å². The van der Waals surface area contributed by atoms with Crippen molar-refractivity contribution in [3.63, 3.8) is 0 Å². The van der Waals surface area contributed by atoms with Crippen LogP contribution in [-0.2, 0) is 4.79 Å². The summed E-state index contributed by atoms with van der Waals surface area (Å²) in [6, 6.07) is 4.53. The van der Waals surface area contributed by atoms with Crippen LogP contribution >= 0.6 is 0 Å². The highest BCUT2D eigenvalue weighted by Gasteiger charge is 2.12. The normalized spacial score (nSPS) is 11.9. The molecule has 0 spiro atoms. The second kappa shape index (κ2) is 6.11. The Bertz CT molecular complexity index is 457. The molecule has 1 amide bonds. The van der Waals surface area contributed by atoms with Gasteiger partial charge in [0.15, 0.2) is 0 Å². The van der Waals surface area contributed by atoms with Gasteiger partial charge in [0.1, 0.15) is 0 Å². The van der Waals surface area contributed by atoms with Crippen LogP contribution in [0.1, 0.15) is 25.3 Å². The zero-order valence-electron chi connectivity index (χ0n) is 10.3. The lowest BCUT2D eigenvalue weighted by molar-refractivity contribution is -0.385. The highest BCUT2D eigenvalue weighted by molar-refractivity contribution is 5.91. The fourth-order valence-corrected chi connectivity index (χ4v) is 1.45. The molecular weight excluding hydrogens is 236 g/mol. The number of nitrogens with zero attached hydrogens (tertiary/aromatic N) is 1. The Morgan fingerprint density at radius 1 is 1.56 bits per heavy atom. The first-order valence-corrected chi connectivity index (χ1v) is 5.63. The Morgan fingerprint density at radius 3 is 2.78 bits per heavy atom. The zero-order chi connectivity index (χ0) is 13.7. The first kappa shape index (κ1) is 14.1. The van der Waals surface area contributed by atoms with Gasteiger partial charge in [-0.2, -0.15) is 0 Å². The second-order valence-electron chi connectivity index (χ2n) is 4.19. The zero-order valence-corrected chi connectivity index (χ0v) is 10.3. The number of aryl methyl sites for hydroxylation is 1. The van der Waals surface area contributed by atoms with E-state index in [-0.39, 0.29) is 18.0 Å². The van der Waals surface area contributed by atoms with E-state index in [0.29, 0.717) is 17.7 Å². The number of aliphatic hydroxyl groups is 1. The lowest BCUT2D eigenvalue weighted by Crippen LogP contribution is -2.14. The van der Waals surface area contributed by atoms with Gasteiger partial charge >= 0.3 is 0 Å². The number of carbonyl (C=O) groups is 1. The molecule has 6 nitrogen and oxygen atoms in total. The van der Waals surface area contributed by atoms with Gasteiger partial charge in [0.2, 0.25) is 5.91 Å². The van der Waals surface area contributed by atoms with Crippen molar-refractivity contribution < 1.29 is 14.8 Å². The molecule has 98 valence electrons. The van der Waals surface area contributed by atoms with E-state index in [1.54, 1.807) is 26.0 Å². The van der Waals surface area contributed by atoms with Gasteiger partial charge in [0, 0.05) is 23.7 Å². The van der Waals surface area contributed by atoms with Crippen LogP contribution in [-0.4, -0.2) is 22.0 Å². The molecule has 0 bridgehead atoms. The summed E-state index contributed by atoms with van der Waals surface area (Å²) in [6.07, 6.45) is 0.00201. The fraction of sp³-hybridized carbons (Fsp3) is 0.417. The average molecular weight is 252 g/mol. The van der Waals surface area contributed by atoms with Gasteiger partial charge in [0.05, 0.1) is 11.0 Å². The maximum absolute atomic E-state index is 11.5. The number of aliphatic hydroxyl groups excluding tert-OH is 1. The number of amides is 1. The largest absolute Gasteiger partial charge is 0.393 e. The molecule has 0 saturated heterocycles. The summed E-state index contributed by atoms with van der Waals surface area (Å²) in [5.41, 5.74) is 0.910. The number of hydrogen-bond donors (Lipinski definition) is 2. The summed E-state index contributed by atoms with van der Waals surface area (Å²) in [7, 11) is 0. The minimum atomic E-state index is -0.539. The van der Waals surface area contributed by atoms with Crippen LogP contribution in [0, 0.1) is 17.0 Å². The van der Waals surface area contributed by atoms with Crippen molar-refractivity contribution in [1.29, 1.82) is 0 Å². The van der Waals surface area contributed by atoms with E-state index < -0.39 is 11.0 Å². The van der Waals surface area contributed by atoms with E-state index in [2.05, 4.69) is 5.32 Å². The first-order chi connectivity index (χ1) is 8.40. The van der Waals surface area contributed by atoms with Crippen molar-refractivity contribution in [3.8, 4) is 0 Å². The highest BCUT2D eigenvalue weighted by atomic mass is 16.6. The number of carbonyl (C=O) groups excluding carboxylic acids is 1. The lowest BCUT2D eigenvalue weighted by atomic mass is 10.1. The number of nitrogens with one attached hydrogen (secondary N) is 1. The molecule has 0 aliphatic rings. The molecule has 0 saturated carbocycles. The monoisotopic (exact) mass is 252 g/mol. The van der Waals surface area contributed by atoms with E-state index in [9.17, 15) is 14.9 Å². The number of hydrogen-bond acceptors (Lipinski definition) is 4.